The molecule has 9 aromatic rings. The highest BCUT2D eigenvalue weighted by Crippen LogP contribution is 2.50. The van der Waals surface area contributed by atoms with E-state index in [2.05, 4.69) is 190 Å². The number of benzene rings is 8. The fraction of sp³-hybridized carbons (Fsp3) is 0.0588. The van der Waals surface area contributed by atoms with Gasteiger partial charge in [0.05, 0.1) is 11.4 Å². The number of aromatic nitrogens is 2. The molecule has 0 N–H and O–H groups in total. The summed E-state index contributed by atoms with van der Waals surface area (Å²) in [5.41, 5.74) is 15.1. The third-order valence-electron chi connectivity index (χ3n) is 11.1. The second-order valence-corrected chi connectivity index (χ2v) is 14.5. The van der Waals surface area contributed by atoms with Crippen LogP contribution in [0.5, 0.6) is 0 Å². The van der Waals surface area contributed by atoms with E-state index >= 15 is 0 Å². The van der Waals surface area contributed by atoms with Crippen LogP contribution in [0.25, 0.3) is 88.8 Å². The smallest absolute Gasteiger partial charge is 0.160 e. The van der Waals surface area contributed by atoms with Crippen molar-refractivity contribution in [3.8, 4) is 67.3 Å². The first-order valence-electron chi connectivity index (χ1n) is 18.3. The zero-order chi connectivity index (χ0) is 35.5. The largest absolute Gasteiger partial charge is 0.228 e. The molecule has 8 aromatic carbocycles. The van der Waals surface area contributed by atoms with Crippen LogP contribution < -0.4 is 0 Å². The topological polar surface area (TPSA) is 25.8 Å². The fourth-order valence-corrected chi connectivity index (χ4v) is 8.49. The van der Waals surface area contributed by atoms with Crippen LogP contribution in [0.2, 0.25) is 0 Å². The molecule has 10 rings (SSSR count). The zero-order valence-electron chi connectivity index (χ0n) is 29.7. The van der Waals surface area contributed by atoms with Crippen molar-refractivity contribution in [1.82, 2.24) is 9.97 Å². The van der Waals surface area contributed by atoms with E-state index in [1.807, 2.05) is 6.07 Å². The summed E-state index contributed by atoms with van der Waals surface area (Å²) in [6.07, 6.45) is 0. The highest BCUT2D eigenvalue weighted by molar-refractivity contribution is 6.07. The molecule has 1 aromatic heterocycles. The molecule has 0 fully saturated rings. The molecule has 2 heteroatoms. The lowest BCUT2D eigenvalue weighted by atomic mass is 9.81. The SMILES string of the molecule is CC1(C)c2ccccc2-c2ccc(-c3ccc(-c4cc(-c5ccc6ccccc6c5-c5ccccc5)nc(-c5ccccc5)n4)c4ccccc34)cc21. The average molecular weight is 677 g/mol. The number of rotatable bonds is 5. The van der Waals surface area contributed by atoms with Crippen LogP contribution >= 0.6 is 0 Å². The summed E-state index contributed by atoms with van der Waals surface area (Å²) in [5.74, 6) is 0.707. The first-order chi connectivity index (χ1) is 26.0. The van der Waals surface area contributed by atoms with E-state index in [0.29, 0.717) is 5.82 Å². The van der Waals surface area contributed by atoms with E-state index in [4.69, 9.17) is 9.97 Å². The molecule has 0 aliphatic heterocycles. The van der Waals surface area contributed by atoms with Crippen molar-refractivity contribution in [3.05, 3.63) is 193 Å². The Balaban J connectivity index is 1.18. The maximum absolute atomic E-state index is 5.29. The Morgan fingerprint density at radius 1 is 0.358 bits per heavy atom. The number of hydrogen-bond donors (Lipinski definition) is 0. The Morgan fingerprint density at radius 3 is 1.68 bits per heavy atom. The van der Waals surface area contributed by atoms with Crippen LogP contribution in [0.1, 0.15) is 25.0 Å². The van der Waals surface area contributed by atoms with Gasteiger partial charge in [0.15, 0.2) is 5.82 Å². The summed E-state index contributed by atoms with van der Waals surface area (Å²) in [6.45, 7) is 4.69. The Bertz CT molecular complexity index is 2850. The molecule has 1 aliphatic carbocycles. The van der Waals surface area contributed by atoms with E-state index < -0.39 is 0 Å². The third kappa shape index (κ3) is 5.10. The van der Waals surface area contributed by atoms with Gasteiger partial charge in [-0.25, -0.2) is 9.97 Å². The quantitative estimate of drug-likeness (QED) is 0.181. The van der Waals surface area contributed by atoms with Gasteiger partial charge in [-0.2, -0.15) is 0 Å². The highest BCUT2D eigenvalue weighted by Gasteiger charge is 2.35. The molecule has 0 radical (unpaired) electrons. The van der Waals surface area contributed by atoms with Crippen molar-refractivity contribution in [3.63, 3.8) is 0 Å². The maximum Gasteiger partial charge on any atom is 0.160 e. The minimum atomic E-state index is -0.0652. The van der Waals surface area contributed by atoms with Crippen molar-refractivity contribution < 1.29 is 0 Å². The van der Waals surface area contributed by atoms with Crippen molar-refractivity contribution in [1.29, 1.82) is 0 Å². The molecule has 0 amide bonds. The summed E-state index contributed by atoms with van der Waals surface area (Å²) < 4.78 is 0. The molecule has 250 valence electrons. The average Bonchev–Trinajstić information content (AvgIpc) is 3.45. The summed E-state index contributed by atoms with van der Waals surface area (Å²) in [4.78, 5) is 10.6. The first-order valence-corrected chi connectivity index (χ1v) is 18.3. The number of hydrogen-bond acceptors (Lipinski definition) is 2. The lowest BCUT2D eigenvalue weighted by molar-refractivity contribution is 0.660. The van der Waals surface area contributed by atoms with Gasteiger partial charge in [0.1, 0.15) is 0 Å². The molecule has 0 bridgehead atoms. The molecule has 0 atom stereocenters. The van der Waals surface area contributed by atoms with Gasteiger partial charge in [-0.05, 0) is 78.2 Å². The van der Waals surface area contributed by atoms with Crippen molar-refractivity contribution in [2.24, 2.45) is 0 Å². The summed E-state index contributed by atoms with van der Waals surface area (Å²) >= 11 is 0. The molecule has 53 heavy (non-hydrogen) atoms. The molecule has 0 saturated heterocycles. The fourth-order valence-electron chi connectivity index (χ4n) is 8.49. The maximum atomic E-state index is 5.29. The Hall–Kier alpha value is -6.64. The Labute approximate surface area is 310 Å². The highest BCUT2D eigenvalue weighted by atomic mass is 14.9. The summed E-state index contributed by atoms with van der Waals surface area (Å²) in [7, 11) is 0. The van der Waals surface area contributed by atoms with E-state index in [9.17, 15) is 0 Å². The van der Waals surface area contributed by atoms with Crippen molar-refractivity contribution >= 4 is 21.5 Å². The van der Waals surface area contributed by atoms with Crippen LogP contribution in [0, 0.1) is 0 Å². The molecule has 1 heterocycles. The Morgan fingerprint density at radius 2 is 0.906 bits per heavy atom. The normalized spacial score (nSPS) is 12.9. The van der Waals surface area contributed by atoms with Crippen molar-refractivity contribution in [2.75, 3.05) is 0 Å². The zero-order valence-corrected chi connectivity index (χ0v) is 29.7. The third-order valence-corrected chi connectivity index (χ3v) is 11.1. The van der Waals surface area contributed by atoms with Gasteiger partial charge in [0, 0.05) is 22.1 Å². The molecule has 0 unspecified atom stereocenters. The van der Waals surface area contributed by atoms with E-state index in [1.54, 1.807) is 0 Å². The molecule has 0 spiro atoms. The predicted octanol–water partition coefficient (Wildman–Crippen LogP) is 13.4. The standard InChI is InChI=1S/C51H36N2/c1-51(2)45-24-14-13-23-41(45)42-27-26-36(31-46(42)51)37-29-30-43(40-22-12-11-21-39(37)40)47-32-48(53-50(52-47)35-18-7-4-8-19-35)44-28-25-33-15-9-10-20-38(33)49(44)34-16-5-3-6-17-34/h3-32H,1-2H3. The number of nitrogens with zero attached hydrogens (tertiary/aromatic N) is 2. The van der Waals surface area contributed by atoms with Crippen LogP contribution in [-0.4, -0.2) is 9.97 Å². The van der Waals surface area contributed by atoms with Crippen LogP contribution in [0.3, 0.4) is 0 Å². The van der Waals surface area contributed by atoms with Gasteiger partial charge < -0.3 is 0 Å². The van der Waals surface area contributed by atoms with Crippen LogP contribution in [-0.2, 0) is 5.41 Å². The molecular formula is C51H36N2. The summed E-state index contributed by atoms with van der Waals surface area (Å²) in [5, 5.41) is 4.77. The van der Waals surface area contributed by atoms with Gasteiger partial charge >= 0.3 is 0 Å². The monoisotopic (exact) mass is 676 g/mol. The van der Waals surface area contributed by atoms with Gasteiger partial charge in [0.25, 0.3) is 0 Å². The van der Waals surface area contributed by atoms with Crippen molar-refractivity contribution in [2.45, 2.75) is 19.3 Å². The van der Waals surface area contributed by atoms with Gasteiger partial charge in [0.2, 0.25) is 0 Å². The minimum absolute atomic E-state index is 0.0652. The van der Waals surface area contributed by atoms with Crippen LogP contribution in [0.4, 0.5) is 0 Å². The lowest BCUT2D eigenvalue weighted by Gasteiger charge is -2.22. The van der Waals surface area contributed by atoms with E-state index in [0.717, 1.165) is 33.6 Å². The minimum Gasteiger partial charge on any atom is -0.228 e. The van der Waals surface area contributed by atoms with E-state index in [1.165, 1.54) is 60.5 Å². The Kier molecular flexibility index (Phi) is 7.19. The predicted molar refractivity (Wildman–Crippen MR) is 222 cm³/mol. The second kappa shape index (κ2) is 12.3. The number of fused-ring (bicyclic) bond motifs is 5. The molecule has 2 nitrogen and oxygen atoms in total. The van der Waals surface area contributed by atoms with Crippen LogP contribution in [0.15, 0.2) is 182 Å². The summed E-state index contributed by atoms with van der Waals surface area (Å²) in [6, 6.07) is 65.4. The lowest BCUT2D eigenvalue weighted by Crippen LogP contribution is -2.14. The molecule has 1 aliphatic rings. The van der Waals surface area contributed by atoms with E-state index in [-0.39, 0.29) is 5.41 Å². The van der Waals surface area contributed by atoms with Gasteiger partial charge in [-0.1, -0.05) is 184 Å². The van der Waals surface area contributed by atoms with Gasteiger partial charge in [-0.3, -0.25) is 0 Å². The molecular weight excluding hydrogens is 641 g/mol. The van der Waals surface area contributed by atoms with Gasteiger partial charge in [-0.15, -0.1) is 0 Å². The first kappa shape index (κ1) is 31.1. The molecule has 0 saturated carbocycles. The second-order valence-electron chi connectivity index (χ2n) is 14.5.